The zero-order valence-electron chi connectivity index (χ0n) is 8.65. The molecule has 1 aliphatic rings. The Hall–Kier alpha value is -1.14. The van der Waals surface area contributed by atoms with Gasteiger partial charge in [0.05, 0.1) is 6.61 Å². The molecule has 0 aliphatic carbocycles. The van der Waals surface area contributed by atoms with Crippen molar-refractivity contribution in [2.24, 2.45) is 0 Å². The minimum atomic E-state index is -1.07. The molecule has 88 valence electrons. The molecule has 2 rings (SSSR count). The van der Waals surface area contributed by atoms with E-state index in [0.717, 1.165) is 0 Å². The van der Waals surface area contributed by atoms with Crippen LogP contribution < -0.4 is 5.73 Å². The molecule has 5 N–H and O–H groups in total. The van der Waals surface area contributed by atoms with Gasteiger partial charge in [-0.3, -0.25) is 0 Å². The lowest BCUT2D eigenvalue weighted by molar-refractivity contribution is -0.0227. The quantitative estimate of drug-likeness (QED) is 0.505. The highest BCUT2D eigenvalue weighted by atomic mass is 16.6. The van der Waals surface area contributed by atoms with Gasteiger partial charge >= 0.3 is 0 Å². The van der Waals surface area contributed by atoms with Gasteiger partial charge < -0.3 is 25.8 Å². The molecule has 5 nitrogen and oxygen atoms in total. The number of hydrogen-bond acceptors (Lipinski definition) is 5. The highest BCUT2D eigenvalue weighted by Gasteiger charge is 2.42. The summed E-state index contributed by atoms with van der Waals surface area (Å²) in [6.45, 7) is -0.322. The molecule has 0 unspecified atom stereocenters. The van der Waals surface area contributed by atoms with Gasteiger partial charge in [-0.1, -0.05) is 12.1 Å². The van der Waals surface area contributed by atoms with Crippen molar-refractivity contribution < 1.29 is 20.1 Å². The molecule has 4 atom stereocenters. The minimum absolute atomic E-state index is 0.322. The molecule has 0 amide bonds. The van der Waals surface area contributed by atoms with Crippen molar-refractivity contribution in [1.82, 2.24) is 0 Å². The van der Waals surface area contributed by atoms with Crippen LogP contribution >= 0.6 is 0 Å². The van der Waals surface area contributed by atoms with Gasteiger partial charge in [0.25, 0.3) is 0 Å². The fourth-order valence-corrected chi connectivity index (χ4v) is 1.91. The van der Waals surface area contributed by atoms with Crippen LogP contribution in [0.2, 0.25) is 0 Å². The molecular formula is C11H15NO4. The molecule has 5 heteroatoms. The van der Waals surface area contributed by atoms with Crippen molar-refractivity contribution in [2.45, 2.75) is 24.4 Å². The van der Waals surface area contributed by atoms with Gasteiger partial charge in [0.2, 0.25) is 0 Å². The molecule has 16 heavy (non-hydrogen) atoms. The predicted octanol–water partition coefficient (Wildman–Crippen LogP) is -0.577. The Morgan fingerprint density at radius 1 is 1.25 bits per heavy atom. The summed E-state index contributed by atoms with van der Waals surface area (Å²) in [5.41, 5.74) is 6.89. The van der Waals surface area contributed by atoms with Gasteiger partial charge in [-0.2, -0.15) is 0 Å². The molecule has 1 aromatic rings. The van der Waals surface area contributed by atoms with Crippen molar-refractivity contribution >= 4 is 5.69 Å². The first-order valence-electron chi connectivity index (χ1n) is 5.11. The first-order valence-corrected chi connectivity index (χ1v) is 5.11. The number of nitrogens with two attached hydrogens (primary N) is 1. The molecule has 0 spiro atoms. The monoisotopic (exact) mass is 225 g/mol. The summed E-state index contributed by atoms with van der Waals surface area (Å²) >= 11 is 0. The number of ether oxygens (including phenoxy) is 1. The maximum Gasteiger partial charge on any atom is 0.113 e. The van der Waals surface area contributed by atoms with Crippen LogP contribution in [0.4, 0.5) is 5.69 Å². The molecule has 1 aromatic carbocycles. The Bertz CT molecular complexity index is 371. The maximum absolute atomic E-state index is 9.78. The van der Waals surface area contributed by atoms with E-state index in [1.165, 1.54) is 0 Å². The van der Waals surface area contributed by atoms with E-state index < -0.39 is 24.4 Å². The van der Waals surface area contributed by atoms with Crippen molar-refractivity contribution in [3.8, 4) is 0 Å². The summed E-state index contributed by atoms with van der Waals surface area (Å²) in [6, 6.07) is 6.92. The topological polar surface area (TPSA) is 95.9 Å². The largest absolute Gasteiger partial charge is 0.399 e. The maximum atomic E-state index is 9.78. The summed E-state index contributed by atoms with van der Waals surface area (Å²) in [5, 5.41) is 28.3. The number of aliphatic hydroxyl groups excluding tert-OH is 3. The average Bonchev–Trinajstić information content (AvgIpc) is 2.56. The normalized spacial score (nSPS) is 34.2. The van der Waals surface area contributed by atoms with Crippen molar-refractivity contribution in [2.75, 3.05) is 12.3 Å². The van der Waals surface area contributed by atoms with Crippen LogP contribution in [-0.4, -0.2) is 40.2 Å². The van der Waals surface area contributed by atoms with E-state index in [2.05, 4.69) is 0 Å². The van der Waals surface area contributed by atoms with Gasteiger partial charge in [-0.25, -0.2) is 0 Å². The van der Waals surface area contributed by atoms with Gasteiger partial charge in [-0.05, 0) is 17.7 Å². The number of anilines is 1. The van der Waals surface area contributed by atoms with E-state index in [-0.39, 0.29) is 6.61 Å². The Balaban J connectivity index is 2.23. The molecule has 0 radical (unpaired) electrons. The Kier molecular flexibility index (Phi) is 3.11. The fraction of sp³-hybridized carbons (Fsp3) is 0.455. The van der Waals surface area contributed by atoms with Crippen LogP contribution in [0, 0.1) is 0 Å². The van der Waals surface area contributed by atoms with Crippen LogP contribution in [0.5, 0.6) is 0 Å². The van der Waals surface area contributed by atoms with Gasteiger partial charge in [-0.15, -0.1) is 0 Å². The number of benzene rings is 1. The number of aliphatic hydroxyl groups is 3. The first kappa shape index (κ1) is 11.3. The third-order valence-corrected chi connectivity index (χ3v) is 2.78. The van der Waals surface area contributed by atoms with E-state index in [4.69, 9.17) is 15.6 Å². The van der Waals surface area contributed by atoms with E-state index in [1.807, 2.05) is 0 Å². The Morgan fingerprint density at radius 2 is 2.00 bits per heavy atom. The Labute approximate surface area is 93.1 Å². The van der Waals surface area contributed by atoms with Crippen molar-refractivity contribution in [3.63, 3.8) is 0 Å². The SMILES string of the molecule is Nc1cccc([C@@H]2O[C@H](CO)[C@@H](O)[C@H]2O)c1. The van der Waals surface area contributed by atoms with E-state index >= 15 is 0 Å². The highest BCUT2D eigenvalue weighted by Crippen LogP contribution is 2.33. The summed E-state index contributed by atoms with van der Waals surface area (Å²) in [6.07, 6.45) is -3.51. The second-order valence-corrected chi connectivity index (χ2v) is 3.93. The first-order chi connectivity index (χ1) is 7.63. The Morgan fingerprint density at radius 3 is 2.56 bits per heavy atom. The lowest BCUT2D eigenvalue weighted by atomic mass is 10.0. The van der Waals surface area contributed by atoms with Crippen LogP contribution in [0.1, 0.15) is 11.7 Å². The lowest BCUT2D eigenvalue weighted by Gasteiger charge is -2.15. The van der Waals surface area contributed by atoms with Crippen LogP contribution in [0.15, 0.2) is 24.3 Å². The van der Waals surface area contributed by atoms with Crippen molar-refractivity contribution in [3.05, 3.63) is 29.8 Å². The average molecular weight is 225 g/mol. The second kappa shape index (κ2) is 4.39. The van der Waals surface area contributed by atoms with Crippen molar-refractivity contribution in [1.29, 1.82) is 0 Å². The van der Waals surface area contributed by atoms with Gasteiger partial charge in [0.1, 0.15) is 24.4 Å². The molecule has 0 saturated carbocycles. The third-order valence-electron chi connectivity index (χ3n) is 2.78. The molecule has 1 saturated heterocycles. The van der Waals surface area contributed by atoms with Crippen LogP contribution in [-0.2, 0) is 4.74 Å². The predicted molar refractivity (Wildman–Crippen MR) is 57.6 cm³/mol. The summed E-state index contributed by atoms with van der Waals surface area (Å²) < 4.78 is 5.37. The molecule has 0 aromatic heterocycles. The fourth-order valence-electron chi connectivity index (χ4n) is 1.91. The number of rotatable bonds is 2. The molecule has 0 bridgehead atoms. The number of nitrogen functional groups attached to an aromatic ring is 1. The van der Waals surface area contributed by atoms with E-state index in [9.17, 15) is 10.2 Å². The van der Waals surface area contributed by atoms with E-state index in [0.29, 0.717) is 11.3 Å². The number of hydrogen-bond donors (Lipinski definition) is 4. The molecule has 1 aliphatic heterocycles. The second-order valence-electron chi connectivity index (χ2n) is 3.93. The van der Waals surface area contributed by atoms with Gasteiger partial charge in [0.15, 0.2) is 0 Å². The standard InChI is InChI=1S/C11H15NO4/c12-7-3-1-2-6(4-7)11-10(15)9(14)8(5-13)16-11/h1-4,8-11,13-15H,5,12H2/t8-,9-,10-,11+/m1/s1. The van der Waals surface area contributed by atoms with Gasteiger partial charge in [0, 0.05) is 5.69 Å². The van der Waals surface area contributed by atoms with Crippen LogP contribution in [0.25, 0.3) is 0 Å². The molecular weight excluding hydrogens is 210 g/mol. The zero-order valence-corrected chi connectivity index (χ0v) is 8.65. The van der Waals surface area contributed by atoms with E-state index in [1.54, 1.807) is 24.3 Å². The zero-order chi connectivity index (χ0) is 11.7. The highest BCUT2D eigenvalue weighted by molar-refractivity contribution is 5.42. The summed E-state index contributed by atoms with van der Waals surface area (Å²) in [4.78, 5) is 0. The molecule has 1 heterocycles. The summed E-state index contributed by atoms with van der Waals surface area (Å²) in [7, 11) is 0. The summed E-state index contributed by atoms with van der Waals surface area (Å²) in [5.74, 6) is 0. The third kappa shape index (κ3) is 1.90. The minimum Gasteiger partial charge on any atom is -0.399 e. The molecule has 1 fully saturated rings. The van der Waals surface area contributed by atoms with Crippen LogP contribution in [0.3, 0.4) is 0 Å². The lowest BCUT2D eigenvalue weighted by Crippen LogP contribution is -2.32. The smallest absolute Gasteiger partial charge is 0.113 e.